The van der Waals surface area contributed by atoms with Crippen LogP contribution in [0.5, 0.6) is 0 Å². The van der Waals surface area contributed by atoms with Gasteiger partial charge in [-0.05, 0) is 61.5 Å². The number of carbonyl (C=O) groups is 1. The van der Waals surface area contributed by atoms with Gasteiger partial charge in [0.1, 0.15) is 0 Å². The third-order valence-electron chi connectivity index (χ3n) is 6.35. The molecule has 1 amide bonds. The Morgan fingerprint density at radius 1 is 0.971 bits per heavy atom. The summed E-state index contributed by atoms with van der Waals surface area (Å²) in [5, 5.41) is 0. The fourth-order valence-electron chi connectivity index (χ4n) is 4.36. The molecular weight excluding hydrogens is 470 g/mol. The Morgan fingerprint density at radius 3 is 2.32 bits per heavy atom. The molecular formula is C25H33N3O4S2. The highest BCUT2D eigenvalue weighted by Gasteiger charge is 2.24. The smallest absolute Gasteiger partial charge is 0.255 e. The minimum Gasteiger partial charge on any atom is -0.378 e. The van der Waals surface area contributed by atoms with E-state index < -0.39 is 10.0 Å². The van der Waals surface area contributed by atoms with Crippen LogP contribution in [0.3, 0.4) is 0 Å². The SMILES string of the molecule is CSc1ccc(S(=O)(=O)NCc2ccc(CN3CCCCC3)cc2)cc1C(=O)N1CCOCC1. The van der Waals surface area contributed by atoms with Gasteiger partial charge in [0.25, 0.3) is 5.91 Å². The van der Waals surface area contributed by atoms with Gasteiger partial charge in [-0.25, -0.2) is 13.1 Å². The molecule has 2 aromatic rings. The van der Waals surface area contributed by atoms with Gasteiger partial charge in [0.15, 0.2) is 0 Å². The van der Waals surface area contributed by atoms with Gasteiger partial charge in [0.05, 0.1) is 23.7 Å². The van der Waals surface area contributed by atoms with Crippen molar-refractivity contribution in [2.75, 3.05) is 45.6 Å². The lowest BCUT2D eigenvalue weighted by atomic mass is 10.1. The van der Waals surface area contributed by atoms with Gasteiger partial charge >= 0.3 is 0 Å². The molecule has 34 heavy (non-hydrogen) atoms. The highest BCUT2D eigenvalue weighted by atomic mass is 32.2. The summed E-state index contributed by atoms with van der Waals surface area (Å²) >= 11 is 1.43. The second-order valence-corrected chi connectivity index (χ2v) is 11.4. The van der Waals surface area contributed by atoms with Crippen LogP contribution >= 0.6 is 11.8 Å². The van der Waals surface area contributed by atoms with Crippen molar-refractivity contribution in [3.8, 4) is 0 Å². The van der Waals surface area contributed by atoms with Crippen molar-refractivity contribution in [1.82, 2.24) is 14.5 Å². The van der Waals surface area contributed by atoms with Crippen LogP contribution in [0.2, 0.25) is 0 Å². The van der Waals surface area contributed by atoms with Crippen LogP contribution in [0.15, 0.2) is 52.3 Å². The number of likely N-dealkylation sites (tertiary alicyclic amines) is 1. The van der Waals surface area contributed by atoms with E-state index in [1.807, 2.05) is 18.4 Å². The van der Waals surface area contributed by atoms with Crippen molar-refractivity contribution < 1.29 is 17.9 Å². The summed E-state index contributed by atoms with van der Waals surface area (Å²) < 4.78 is 34.1. The molecule has 0 bridgehead atoms. The number of hydrogen-bond donors (Lipinski definition) is 1. The minimum atomic E-state index is -3.77. The summed E-state index contributed by atoms with van der Waals surface area (Å²) in [6.45, 7) is 5.44. The van der Waals surface area contributed by atoms with Gasteiger partial charge < -0.3 is 9.64 Å². The van der Waals surface area contributed by atoms with Crippen LogP contribution in [0, 0.1) is 0 Å². The van der Waals surface area contributed by atoms with Crippen molar-refractivity contribution in [2.45, 2.75) is 42.1 Å². The number of sulfonamides is 1. The number of morpholine rings is 1. The summed E-state index contributed by atoms with van der Waals surface area (Å²) in [5.74, 6) is -0.158. The molecule has 2 saturated heterocycles. The Kier molecular flexibility index (Phi) is 8.65. The summed E-state index contributed by atoms with van der Waals surface area (Å²) in [7, 11) is -3.77. The average molecular weight is 504 g/mol. The lowest BCUT2D eigenvalue weighted by Gasteiger charge is -2.27. The number of benzene rings is 2. The quantitative estimate of drug-likeness (QED) is 0.557. The lowest BCUT2D eigenvalue weighted by molar-refractivity contribution is 0.0300. The second kappa shape index (κ2) is 11.7. The van der Waals surface area contributed by atoms with Crippen molar-refractivity contribution in [3.63, 3.8) is 0 Å². The van der Waals surface area contributed by atoms with E-state index in [-0.39, 0.29) is 17.3 Å². The number of amides is 1. The molecule has 4 rings (SSSR count). The van der Waals surface area contributed by atoms with Gasteiger partial charge in [-0.2, -0.15) is 0 Å². The highest BCUT2D eigenvalue weighted by molar-refractivity contribution is 7.98. The third kappa shape index (κ3) is 6.40. The number of nitrogens with one attached hydrogen (secondary N) is 1. The molecule has 2 aliphatic rings. The van der Waals surface area contributed by atoms with Crippen LogP contribution in [0.4, 0.5) is 0 Å². The first-order chi connectivity index (χ1) is 16.5. The predicted octanol–water partition coefficient (Wildman–Crippen LogP) is 3.35. The fraction of sp³-hybridized carbons (Fsp3) is 0.480. The zero-order valence-electron chi connectivity index (χ0n) is 19.7. The standard InChI is InChI=1S/C25H33N3O4S2/c1-33-24-10-9-22(17-23(24)25(29)28-13-15-32-16-14-28)34(30,31)26-18-20-5-7-21(8-6-20)19-27-11-3-2-4-12-27/h5-10,17,26H,2-4,11-16,18-19H2,1H3. The zero-order valence-corrected chi connectivity index (χ0v) is 21.3. The molecule has 9 heteroatoms. The average Bonchev–Trinajstić information content (AvgIpc) is 2.88. The number of ether oxygens (including phenoxy) is 1. The maximum Gasteiger partial charge on any atom is 0.255 e. The number of piperidine rings is 1. The van der Waals surface area contributed by atoms with Gasteiger partial charge in [-0.3, -0.25) is 9.69 Å². The molecule has 1 N–H and O–H groups in total. The largest absolute Gasteiger partial charge is 0.378 e. The van der Waals surface area contributed by atoms with Gasteiger partial charge in [-0.15, -0.1) is 11.8 Å². The van der Waals surface area contributed by atoms with Crippen molar-refractivity contribution in [3.05, 3.63) is 59.2 Å². The molecule has 7 nitrogen and oxygen atoms in total. The number of thioether (sulfide) groups is 1. The lowest BCUT2D eigenvalue weighted by Crippen LogP contribution is -2.41. The molecule has 0 unspecified atom stereocenters. The van der Waals surface area contributed by atoms with Gasteiger partial charge in [-0.1, -0.05) is 30.7 Å². The molecule has 0 aromatic heterocycles. The van der Waals surface area contributed by atoms with E-state index >= 15 is 0 Å². The monoisotopic (exact) mass is 503 g/mol. The molecule has 2 fully saturated rings. The zero-order chi connectivity index (χ0) is 24.0. The molecule has 2 aliphatic heterocycles. The molecule has 0 spiro atoms. The highest BCUT2D eigenvalue weighted by Crippen LogP contribution is 2.25. The Morgan fingerprint density at radius 2 is 1.65 bits per heavy atom. The Labute approximate surface area is 206 Å². The van der Waals surface area contributed by atoms with Crippen LogP contribution in [0.1, 0.15) is 40.7 Å². The van der Waals surface area contributed by atoms with Crippen LogP contribution < -0.4 is 4.72 Å². The molecule has 0 atom stereocenters. The molecule has 0 saturated carbocycles. The van der Waals surface area contributed by atoms with E-state index in [0.29, 0.717) is 31.9 Å². The summed E-state index contributed by atoms with van der Waals surface area (Å²) in [5.41, 5.74) is 2.56. The second-order valence-electron chi connectivity index (χ2n) is 8.74. The first-order valence-corrected chi connectivity index (χ1v) is 14.5. The summed E-state index contributed by atoms with van der Waals surface area (Å²) in [6, 6.07) is 12.9. The Bertz CT molecular complexity index is 1080. The number of carbonyl (C=O) groups excluding carboxylic acids is 1. The van der Waals surface area contributed by atoms with E-state index in [1.54, 1.807) is 17.0 Å². The van der Waals surface area contributed by atoms with Crippen LogP contribution in [-0.4, -0.2) is 69.8 Å². The van der Waals surface area contributed by atoms with Crippen LogP contribution in [-0.2, 0) is 27.8 Å². The van der Waals surface area contributed by atoms with E-state index in [0.717, 1.165) is 30.1 Å². The summed E-state index contributed by atoms with van der Waals surface area (Å²) in [4.78, 5) is 18.1. The molecule has 0 radical (unpaired) electrons. The Hall–Kier alpha value is -1.91. The normalized spacial score (nSPS) is 17.6. The van der Waals surface area contributed by atoms with E-state index in [2.05, 4.69) is 21.8 Å². The Balaban J connectivity index is 1.42. The van der Waals surface area contributed by atoms with Gasteiger partial charge in [0.2, 0.25) is 10.0 Å². The maximum absolute atomic E-state index is 13.1. The predicted molar refractivity (Wildman–Crippen MR) is 135 cm³/mol. The number of rotatable bonds is 8. The molecule has 184 valence electrons. The first-order valence-electron chi connectivity index (χ1n) is 11.8. The molecule has 2 heterocycles. The van der Waals surface area contributed by atoms with Gasteiger partial charge in [0, 0.05) is 31.1 Å². The van der Waals surface area contributed by atoms with E-state index in [1.165, 1.54) is 42.7 Å². The fourth-order valence-corrected chi connectivity index (χ4v) is 5.97. The number of hydrogen-bond acceptors (Lipinski definition) is 6. The maximum atomic E-state index is 13.1. The third-order valence-corrected chi connectivity index (χ3v) is 8.55. The topological polar surface area (TPSA) is 79.0 Å². The van der Waals surface area contributed by atoms with E-state index in [9.17, 15) is 13.2 Å². The number of nitrogens with zero attached hydrogens (tertiary/aromatic N) is 2. The van der Waals surface area contributed by atoms with E-state index in [4.69, 9.17) is 4.74 Å². The van der Waals surface area contributed by atoms with Crippen molar-refractivity contribution in [1.29, 1.82) is 0 Å². The molecule has 2 aromatic carbocycles. The molecule has 0 aliphatic carbocycles. The van der Waals surface area contributed by atoms with Crippen molar-refractivity contribution in [2.24, 2.45) is 0 Å². The summed E-state index contributed by atoms with van der Waals surface area (Å²) in [6.07, 6.45) is 5.72. The minimum absolute atomic E-state index is 0.101. The van der Waals surface area contributed by atoms with Crippen molar-refractivity contribution >= 4 is 27.7 Å². The first kappa shape index (κ1) is 25.2. The van der Waals surface area contributed by atoms with Crippen LogP contribution in [0.25, 0.3) is 0 Å².